The predicted octanol–water partition coefficient (Wildman–Crippen LogP) is 3.20. The molecule has 0 unspecified atom stereocenters. The summed E-state index contributed by atoms with van der Waals surface area (Å²) in [5.74, 6) is 3.32. The SMILES string of the molecule is Fc1cccnc1CNc1nccc2oc(CCNCCc3nc4cc5c(cc4n3CCN3CCOCC3)OCCO5)nc12. The average molecular weight is 603 g/mol. The van der Waals surface area contributed by atoms with E-state index in [1.54, 1.807) is 24.5 Å². The highest BCUT2D eigenvalue weighted by Crippen LogP contribution is 2.35. The van der Waals surface area contributed by atoms with E-state index < -0.39 is 0 Å². The summed E-state index contributed by atoms with van der Waals surface area (Å²) in [6.45, 7) is 7.95. The topological polar surface area (TPSA) is 125 Å². The van der Waals surface area contributed by atoms with Gasteiger partial charge in [0.2, 0.25) is 0 Å². The molecule has 0 bridgehead atoms. The number of anilines is 1. The number of aromatic nitrogens is 5. The largest absolute Gasteiger partial charge is 0.486 e. The fourth-order valence-electron chi connectivity index (χ4n) is 5.59. The number of rotatable bonds is 12. The van der Waals surface area contributed by atoms with Gasteiger partial charge in [-0.1, -0.05) is 0 Å². The maximum absolute atomic E-state index is 14.0. The molecule has 1 aromatic carbocycles. The van der Waals surface area contributed by atoms with Crippen molar-refractivity contribution in [3.8, 4) is 11.5 Å². The lowest BCUT2D eigenvalue weighted by Gasteiger charge is -2.27. The lowest BCUT2D eigenvalue weighted by atomic mass is 10.2. The molecule has 5 aromatic rings. The van der Waals surface area contributed by atoms with E-state index in [0.29, 0.717) is 54.7 Å². The minimum absolute atomic E-state index is 0.197. The minimum Gasteiger partial charge on any atom is -0.486 e. The molecule has 2 N–H and O–H groups in total. The lowest BCUT2D eigenvalue weighted by Crippen LogP contribution is -2.38. The summed E-state index contributed by atoms with van der Waals surface area (Å²) in [7, 11) is 0. The molecule has 0 aliphatic carbocycles. The first-order chi connectivity index (χ1) is 21.7. The molecule has 7 rings (SSSR count). The van der Waals surface area contributed by atoms with Gasteiger partial charge in [0.15, 0.2) is 34.3 Å². The van der Waals surface area contributed by atoms with E-state index in [0.717, 1.165) is 80.7 Å². The molecular weight excluding hydrogens is 567 g/mol. The van der Waals surface area contributed by atoms with Gasteiger partial charge in [-0.05, 0) is 12.1 Å². The Morgan fingerprint density at radius 2 is 1.73 bits per heavy atom. The standard InChI is InChI=1S/C31H35FN8O4/c32-21-2-1-6-34-23(21)20-36-31-30-25(3-9-35-31)44-29(38-30)5-8-33-7-4-28-37-22-18-26-27(43-17-16-42-26)19-24(22)40(28)11-10-39-12-14-41-15-13-39/h1-3,6,9,18-19,33H,4-5,7-8,10-17,20H2,(H,35,36). The Bertz CT molecular complexity index is 1740. The van der Waals surface area contributed by atoms with Crippen LogP contribution < -0.4 is 20.1 Å². The lowest BCUT2D eigenvalue weighted by molar-refractivity contribution is 0.0364. The number of hydrogen-bond acceptors (Lipinski definition) is 11. The first-order valence-corrected chi connectivity index (χ1v) is 15.1. The number of imidazole rings is 1. The number of pyridine rings is 2. The Labute approximate surface area is 253 Å². The number of halogens is 1. The highest BCUT2D eigenvalue weighted by atomic mass is 19.1. The second-order valence-electron chi connectivity index (χ2n) is 10.8. The first kappa shape index (κ1) is 28.4. The Balaban J connectivity index is 0.980. The number of oxazole rings is 1. The van der Waals surface area contributed by atoms with Crippen LogP contribution in [-0.4, -0.2) is 88.6 Å². The van der Waals surface area contributed by atoms with Gasteiger partial charge >= 0.3 is 0 Å². The van der Waals surface area contributed by atoms with Crippen LogP contribution >= 0.6 is 0 Å². The van der Waals surface area contributed by atoms with Gasteiger partial charge in [0.05, 0.1) is 36.5 Å². The van der Waals surface area contributed by atoms with Crippen LogP contribution in [0.1, 0.15) is 17.4 Å². The van der Waals surface area contributed by atoms with Crippen LogP contribution in [0.3, 0.4) is 0 Å². The summed E-state index contributed by atoms with van der Waals surface area (Å²) in [6.07, 6.45) is 4.58. The predicted molar refractivity (Wildman–Crippen MR) is 162 cm³/mol. The number of benzene rings is 1. The number of hydrogen-bond donors (Lipinski definition) is 2. The zero-order valence-electron chi connectivity index (χ0n) is 24.4. The van der Waals surface area contributed by atoms with Crippen LogP contribution in [0.5, 0.6) is 11.5 Å². The molecule has 0 amide bonds. The van der Waals surface area contributed by atoms with Gasteiger partial charge in [-0.15, -0.1) is 0 Å². The van der Waals surface area contributed by atoms with Crippen molar-refractivity contribution in [2.24, 2.45) is 0 Å². The van der Waals surface area contributed by atoms with Gasteiger partial charge < -0.3 is 33.8 Å². The molecule has 1 fully saturated rings. The molecule has 4 aromatic heterocycles. The van der Waals surface area contributed by atoms with E-state index in [4.69, 9.17) is 23.6 Å². The van der Waals surface area contributed by atoms with Crippen molar-refractivity contribution in [1.29, 1.82) is 0 Å². The number of morpholine rings is 1. The molecule has 0 saturated carbocycles. The highest BCUT2D eigenvalue weighted by Gasteiger charge is 2.19. The van der Waals surface area contributed by atoms with E-state index in [-0.39, 0.29) is 12.4 Å². The molecular formula is C31H35FN8O4. The van der Waals surface area contributed by atoms with Crippen LogP contribution in [0.4, 0.5) is 10.2 Å². The third-order valence-corrected chi connectivity index (χ3v) is 7.89. The van der Waals surface area contributed by atoms with E-state index in [1.165, 1.54) is 6.07 Å². The van der Waals surface area contributed by atoms with Gasteiger partial charge in [0.1, 0.15) is 24.9 Å². The van der Waals surface area contributed by atoms with Crippen molar-refractivity contribution < 1.29 is 23.0 Å². The van der Waals surface area contributed by atoms with Gasteiger partial charge in [-0.2, -0.15) is 0 Å². The molecule has 13 heteroatoms. The zero-order chi connectivity index (χ0) is 29.7. The maximum atomic E-state index is 14.0. The Hall–Kier alpha value is -4.33. The normalized spacial score (nSPS) is 15.3. The maximum Gasteiger partial charge on any atom is 0.196 e. The Morgan fingerprint density at radius 3 is 2.59 bits per heavy atom. The smallest absolute Gasteiger partial charge is 0.196 e. The number of nitrogens with zero attached hydrogens (tertiary/aromatic N) is 6. The molecule has 1 saturated heterocycles. The van der Waals surface area contributed by atoms with Crippen molar-refractivity contribution in [3.63, 3.8) is 0 Å². The average Bonchev–Trinajstić information content (AvgIpc) is 3.63. The van der Waals surface area contributed by atoms with Crippen molar-refractivity contribution in [1.82, 2.24) is 34.7 Å². The molecule has 230 valence electrons. The van der Waals surface area contributed by atoms with Crippen LogP contribution in [0, 0.1) is 5.82 Å². The van der Waals surface area contributed by atoms with Crippen LogP contribution in [0.15, 0.2) is 47.1 Å². The number of fused-ring (bicyclic) bond motifs is 3. The van der Waals surface area contributed by atoms with Crippen LogP contribution in [-0.2, 0) is 30.7 Å². The third kappa shape index (κ3) is 6.30. The summed E-state index contributed by atoms with van der Waals surface area (Å²) in [5, 5.41) is 6.65. The van der Waals surface area contributed by atoms with Crippen molar-refractivity contribution in [2.45, 2.75) is 25.9 Å². The summed E-state index contributed by atoms with van der Waals surface area (Å²) >= 11 is 0. The van der Waals surface area contributed by atoms with E-state index in [9.17, 15) is 4.39 Å². The summed E-state index contributed by atoms with van der Waals surface area (Å²) < 4.78 is 39.5. The Morgan fingerprint density at radius 1 is 0.886 bits per heavy atom. The summed E-state index contributed by atoms with van der Waals surface area (Å²) in [5.41, 5.74) is 3.54. The minimum atomic E-state index is -0.367. The highest BCUT2D eigenvalue weighted by molar-refractivity contribution is 5.84. The second-order valence-corrected chi connectivity index (χ2v) is 10.8. The fourth-order valence-corrected chi connectivity index (χ4v) is 5.59. The fraction of sp³-hybridized carbons (Fsp3) is 0.419. The van der Waals surface area contributed by atoms with Gasteiger partial charge in [0.25, 0.3) is 0 Å². The summed E-state index contributed by atoms with van der Waals surface area (Å²) in [6, 6.07) is 8.78. The third-order valence-electron chi connectivity index (χ3n) is 7.89. The van der Waals surface area contributed by atoms with E-state index >= 15 is 0 Å². The molecule has 0 radical (unpaired) electrons. The van der Waals surface area contributed by atoms with E-state index in [2.05, 4.69) is 41.1 Å². The molecule has 2 aliphatic rings. The van der Waals surface area contributed by atoms with Gasteiger partial charge in [-0.3, -0.25) is 9.88 Å². The van der Waals surface area contributed by atoms with Gasteiger partial charge in [0, 0.05) is 82.7 Å². The first-order valence-electron chi connectivity index (χ1n) is 15.1. The van der Waals surface area contributed by atoms with Crippen molar-refractivity contribution >= 4 is 28.0 Å². The monoisotopic (exact) mass is 602 g/mol. The summed E-state index contributed by atoms with van der Waals surface area (Å²) in [4.78, 5) is 20.5. The molecule has 12 nitrogen and oxygen atoms in total. The number of nitrogens with one attached hydrogen (secondary N) is 2. The quantitative estimate of drug-likeness (QED) is 0.205. The number of ether oxygens (including phenoxy) is 3. The Kier molecular flexibility index (Phi) is 8.48. The van der Waals surface area contributed by atoms with E-state index in [1.807, 2.05) is 6.07 Å². The molecule has 0 spiro atoms. The zero-order valence-corrected chi connectivity index (χ0v) is 24.4. The molecule has 0 atom stereocenters. The molecule has 6 heterocycles. The van der Waals surface area contributed by atoms with Crippen LogP contribution in [0.25, 0.3) is 22.1 Å². The second kappa shape index (κ2) is 13.1. The van der Waals surface area contributed by atoms with Crippen LogP contribution in [0.2, 0.25) is 0 Å². The van der Waals surface area contributed by atoms with Crippen molar-refractivity contribution in [2.75, 3.05) is 64.5 Å². The molecule has 2 aliphatic heterocycles. The molecule has 44 heavy (non-hydrogen) atoms. The van der Waals surface area contributed by atoms with Crippen molar-refractivity contribution in [3.05, 3.63) is 66.0 Å². The van der Waals surface area contributed by atoms with Gasteiger partial charge in [-0.25, -0.2) is 19.3 Å².